The average molecular weight is 219 g/mol. The second kappa shape index (κ2) is 5.26. The Kier molecular flexibility index (Phi) is 4.25. The van der Waals surface area contributed by atoms with Crippen LogP contribution in [0.5, 0.6) is 0 Å². The van der Waals surface area contributed by atoms with Crippen molar-refractivity contribution in [2.45, 2.75) is 40.2 Å². The van der Waals surface area contributed by atoms with Crippen LogP contribution in [-0.4, -0.2) is 12.8 Å². The van der Waals surface area contributed by atoms with Crippen LogP contribution in [-0.2, 0) is 4.79 Å². The number of hydrogen-bond donors (Lipinski definition) is 1. The lowest BCUT2D eigenvalue weighted by atomic mass is 9.91. The molecule has 1 unspecified atom stereocenters. The number of ketones is 1. The van der Waals surface area contributed by atoms with Crippen molar-refractivity contribution in [3.8, 4) is 0 Å². The third-order valence-electron chi connectivity index (χ3n) is 2.93. The van der Waals surface area contributed by atoms with Crippen LogP contribution in [0.3, 0.4) is 0 Å². The van der Waals surface area contributed by atoms with Gasteiger partial charge < -0.3 is 5.32 Å². The second-order valence-electron chi connectivity index (χ2n) is 4.56. The first kappa shape index (κ1) is 12.9. The Morgan fingerprint density at radius 2 is 1.75 bits per heavy atom. The van der Waals surface area contributed by atoms with Gasteiger partial charge in [0.15, 0.2) is 0 Å². The number of aryl methyl sites for hydroxylation is 3. The van der Waals surface area contributed by atoms with Crippen LogP contribution in [0, 0.1) is 20.8 Å². The van der Waals surface area contributed by atoms with Gasteiger partial charge in [-0.05, 0) is 51.4 Å². The zero-order valence-electron chi connectivity index (χ0n) is 10.8. The Morgan fingerprint density at radius 1 is 1.25 bits per heavy atom. The molecule has 0 heterocycles. The molecule has 0 saturated heterocycles. The standard InChI is InChI=1S/C14H21NO/c1-9-6-10(2)14(11(3)7-9)13(15-5)8-12(4)16/h6-7,13,15H,8H2,1-5H3. The van der Waals surface area contributed by atoms with Crippen molar-refractivity contribution in [2.75, 3.05) is 7.05 Å². The van der Waals surface area contributed by atoms with Gasteiger partial charge in [-0.1, -0.05) is 17.7 Å². The molecule has 0 aliphatic rings. The molecule has 0 aromatic heterocycles. The maximum absolute atomic E-state index is 11.2. The van der Waals surface area contributed by atoms with Gasteiger partial charge >= 0.3 is 0 Å². The quantitative estimate of drug-likeness (QED) is 0.843. The SMILES string of the molecule is CNC(CC(C)=O)c1c(C)cc(C)cc1C. The molecule has 2 nitrogen and oxygen atoms in total. The summed E-state index contributed by atoms with van der Waals surface area (Å²) in [5.41, 5.74) is 5.07. The number of carbonyl (C=O) groups excluding carboxylic acids is 1. The highest BCUT2D eigenvalue weighted by molar-refractivity contribution is 5.76. The molecule has 0 radical (unpaired) electrons. The molecule has 1 atom stereocenters. The molecule has 2 heteroatoms. The first-order valence-corrected chi connectivity index (χ1v) is 5.70. The lowest BCUT2D eigenvalue weighted by molar-refractivity contribution is -0.117. The molecule has 0 bridgehead atoms. The Hall–Kier alpha value is -1.15. The molecule has 0 spiro atoms. The highest BCUT2D eigenvalue weighted by Crippen LogP contribution is 2.25. The Morgan fingerprint density at radius 3 is 2.12 bits per heavy atom. The number of hydrogen-bond acceptors (Lipinski definition) is 2. The van der Waals surface area contributed by atoms with E-state index in [2.05, 4.69) is 38.2 Å². The Balaban J connectivity index is 3.14. The normalized spacial score (nSPS) is 12.6. The van der Waals surface area contributed by atoms with E-state index in [-0.39, 0.29) is 11.8 Å². The number of rotatable bonds is 4. The van der Waals surface area contributed by atoms with Crippen molar-refractivity contribution in [1.29, 1.82) is 0 Å². The smallest absolute Gasteiger partial charge is 0.131 e. The van der Waals surface area contributed by atoms with E-state index < -0.39 is 0 Å². The molecule has 0 aliphatic carbocycles. The van der Waals surface area contributed by atoms with Crippen LogP contribution >= 0.6 is 0 Å². The van der Waals surface area contributed by atoms with Gasteiger partial charge in [0.2, 0.25) is 0 Å². The van der Waals surface area contributed by atoms with Crippen molar-refractivity contribution in [1.82, 2.24) is 5.32 Å². The van der Waals surface area contributed by atoms with Crippen molar-refractivity contribution in [3.63, 3.8) is 0 Å². The van der Waals surface area contributed by atoms with Gasteiger partial charge in [0.25, 0.3) is 0 Å². The number of benzene rings is 1. The molecular weight excluding hydrogens is 198 g/mol. The molecule has 88 valence electrons. The minimum absolute atomic E-state index is 0.137. The van der Waals surface area contributed by atoms with E-state index in [1.165, 1.54) is 22.3 Å². The molecule has 0 aliphatic heterocycles. The highest BCUT2D eigenvalue weighted by Gasteiger charge is 2.16. The fraction of sp³-hybridized carbons (Fsp3) is 0.500. The zero-order chi connectivity index (χ0) is 12.3. The van der Waals surface area contributed by atoms with Crippen LogP contribution in [0.4, 0.5) is 0 Å². The third-order valence-corrected chi connectivity index (χ3v) is 2.93. The third kappa shape index (κ3) is 2.92. The van der Waals surface area contributed by atoms with Gasteiger partial charge in [0.1, 0.15) is 5.78 Å². The summed E-state index contributed by atoms with van der Waals surface area (Å²) in [6, 6.07) is 4.48. The van der Waals surface area contributed by atoms with Crippen molar-refractivity contribution in [2.24, 2.45) is 0 Å². The fourth-order valence-electron chi connectivity index (χ4n) is 2.38. The summed E-state index contributed by atoms with van der Waals surface area (Å²) in [6.07, 6.45) is 0.557. The topological polar surface area (TPSA) is 29.1 Å². The summed E-state index contributed by atoms with van der Waals surface area (Å²) in [5, 5.41) is 3.23. The van der Waals surface area contributed by atoms with E-state index in [9.17, 15) is 4.79 Å². The van der Waals surface area contributed by atoms with Crippen LogP contribution in [0.2, 0.25) is 0 Å². The van der Waals surface area contributed by atoms with Gasteiger partial charge in [0.05, 0.1) is 0 Å². The van der Waals surface area contributed by atoms with E-state index in [0.29, 0.717) is 6.42 Å². The molecule has 1 rings (SSSR count). The van der Waals surface area contributed by atoms with E-state index >= 15 is 0 Å². The van der Waals surface area contributed by atoms with Gasteiger partial charge in [-0.15, -0.1) is 0 Å². The summed E-state index contributed by atoms with van der Waals surface area (Å²) in [5.74, 6) is 0.221. The van der Waals surface area contributed by atoms with Crippen molar-refractivity contribution >= 4 is 5.78 Å². The predicted molar refractivity (Wildman–Crippen MR) is 67.8 cm³/mol. The summed E-state index contributed by atoms with van der Waals surface area (Å²) in [6.45, 7) is 7.96. The molecule has 1 aromatic rings. The maximum atomic E-state index is 11.2. The molecule has 0 amide bonds. The summed E-state index contributed by atoms with van der Waals surface area (Å²) >= 11 is 0. The van der Waals surface area contributed by atoms with Crippen LogP contribution in [0.25, 0.3) is 0 Å². The van der Waals surface area contributed by atoms with Crippen LogP contribution in [0.1, 0.15) is 41.6 Å². The van der Waals surface area contributed by atoms with Gasteiger partial charge in [-0.25, -0.2) is 0 Å². The van der Waals surface area contributed by atoms with Crippen molar-refractivity contribution in [3.05, 3.63) is 34.4 Å². The highest BCUT2D eigenvalue weighted by atomic mass is 16.1. The summed E-state index contributed by atoms with van der Waals surface area (Å²) in [4.78, 5) is 11.2. The van der Waals surface area contributed by atoms with Gasteiger partial charge in [0, 0.05) is 12.5 Å². The largest absolute Gasteiger partial charge is 0.313 e. The molecule has 16 heavy (non-hydrogen) atoms. The summed E-state index contributed by atoms with van der Waals surface area (Å²) < 4.78 is 0. The molecular formula is C14H21NO. The van der Waals surface area contributed by atoms with Gasteiger partial charge in [-0.2, -0.15) is 0 Å². The number of Topliss-reactive ketones (excluding diaryl/α,β-unsaturated/α-hetero) is 1. The number of nitrogens with one attached hydrogen (secondary N) is 1. The predicted octanol–water partition coefficient (Wildman–Crippen LogP) is 2.85. The summed E-state index contributed by atoms with van der Waals surface area (Å²) in [7, 11) is 1.91. The lowest BCUT2D eigenvalue weighted by Gasteiger charge is -2.20. The first-order valence-electron chi connectivity index (χ1n) is 5.70. The second-order valence-corrected chi connectivity index (χ2v) is 4.56. The number of carbonyl (C=O) groups is 1. The maximum Gasteiger partial charge on any atom is 0.131 e. The van der Waals surface area contributed by atoms with Gasteiger partial charge in [-0.3, -0.25) is 4.79 Å². The van der Waals surface area contributed by atoms with Crippen LogP contribution in [0.15, 0.2) is 12.1 Å². The minimum atomic E-state index is 0.137. The first-order chi connectivity index (χ1) is 7.45. The molecule has 1 N–H and O–H groups in total. The molecule has 0 fully saturated rings. The van der Waals surface area contributed by atoms with Crippen LogP contribution < -0.4 is 5.32 Å². The van der Waals surface area contributed by atoms with Crippen molar-refractivity contribution < 1.29 is 4.79 Å². The Bertz CT molecular complexity index is 373. The molecule has 1 aromatic carbocycles. The lowest BCUT2D eigenvalue weighted by Crippen LogP contribution is -2.21. The van der Waals surface area contributed by atoms with E-state index in [1.807, 2.05) is 7.05 Å². The van der Waals surface area contributed by atoms with E-state index in [1.54, 1.807) is 6.92 Å². The fourth-order valence-corrected chi connectivity index (χ4v) is 2.38. The monoisotopic (exact) mass is 219 g/mol. The van der Waals surface area contributed by atoms with E-state index in [4.69, 9.17) is 0 Å². The zero-order valence-corrected chi connectivity index (χ0v) is 10.8. The average Bonchev–Trinajstić information content (AvgIpc) is 2.13. The minimum Gasteiger partial charge on any atom is -0.313 e. The Labute approximate surface area is 98.1 Å². The van der Waals surface area contributed by atoms with E-state index in [0.717, 1.165) is 0 Å². The molecule has 0 saturated carbocycles.